The molecule has 0 fully saturated rings. The van der Waals surface area contributed by atoms with Gasteiger partial charge in [-0.1, -0.05) is 18.2 Å². The number of carbonyl (C=O) groups excluding carboxylic acids is 1. The van der Waals surface area contributed by atoms with E-state index < -0.39 is 5.91 Å². The van der Waals surface area contributed by atoms with E-state index in [9.17, 15) is 9.18 Å². The molecule has 6 nitrogen and oxygen atoms in total. The van der Waals surface area contributed by atoms with Crippen LogP contribution in [0.15, 0.2) is 76.3 Å². The molecule has 0 aliphatic carbocycles. The first-order valence-corrected chi connectivity index (χ1v) is 9.19. The Balaban J connectivity index is 1.92. The zero-order chi connectivity index (χ0) is 21.1. The van der Waals surface area contributed by atoms with Gasteiger partial charge in [0.15, 0.2) is 11.3 Å². The smallest absolute Gasteiger partial charge is 0.262 e. The standard InChI is InChI=1S/C23H18FN3O3/c1-14-12-16(24)9-10-18(14)26-23-17(22(28)27-20-8-3-4-11-25-20)13-15-6-5-7-19(29-2)21(15)30-23/h3-13H,1-2H3,(H,25,27,28). The van der Waals surface area contributed by atoms with Gasteiger partial charge >= 0.3 is 0 Å². The number of aryl methyl sites for hydroxylation is 1. The number of pyridine rings is 1. The SMILES string of the molecule is COc1cccc2cc(C(=O)Nc3ccccn3)c(=Nc3ccc(F)cc3C)oc12. The van der Waals surface area contributed by atoms with Gasteiger partial charge in [-0.3, -0.25) is 4.79 Å². The number of para-hydroxylation sites is 1. The van der Waals surface area contributed by atoms with E-state index in [1.54, 1.807) is 49.5 Å². The number of carbonyl (C=O) groups is 1. The summed E-state index contributed by atoms with van der Waals surface area (Å²) in [6.07, 6.45) is 1.58. The molecular formula is C23H18FN3O3. The quantitative estimate of drug-likeness (QED) is 0.533. The largest absolute Gasteiger partial charge is 0.493 e. The maximum absolute atomic E-state index is 13.5. The Kier molecular flexibility index (Phi) is 5.26. The van der Waals surface area contributed by atoms with Crippen LogP contribution in [-0.2, 0) is 0 Å². The number of halogens is 1. The maximum Gasteiger partial charge on any atom is 0.262 e. The summed E-state index contributed by atoms with van der Waals surface area (Å²) in [7, 11) is 1.53. The van der Waals surface area contributed by atoms with Crippen molar-refractivity contribution >= 4 is 28.4 Å². The lowest BCUT2D eigenvalue weighted by molar-refractivity contribution is 0.102. The van der Waals surface area contributed by atoms with Gasteiger partial charge in [-0.25, -0.2) is 14.4 Å². The summed E-state index contributed by atoms with van der Waals surface area (Å²) >= 11 is 0. The molecule has 1 amide bonds. The van der Waals surface area contributed by atoms with Crippen molar-refractivity contribution in [1.82, 2.24) is 4.98 Å². The number of benzene rings is 2. The van der Waals surface area contributed by atoms with Gasteiger partial charge in [0.2, 0.25) is 5.55 Å². The average Bonchev–Trinajstić information content (AvgIpc) is 2.75. The molecule has 0 saturated carbocycles. The molecule has 7 heteroatoms. The minimum Gasteiger partial charge on any atom is -0.493 e. The molecule has 2 aromatic heterocycles. The van der Waals surface area contributed by atoms with Crippen LogP contribution in [-0.4, -0.2) is 18.0 Å². The van der Waals surface area contributed by atoms with Crippen LogP contribution < -0.4 is 15.6 Å². The van der Waals surface area contributed by atoms with Gasteiger partial charge in [0.25, 0.3) is 5.91 Å². The summed E-state index contributed by atoms with van der Waals surface area (Å²) in [4.78, 5) is 21.6. The van der Waals surface area contributed by atoms with Crippen LogP contribution in [0.2, 0.25) is 0 Å². The minimum atomic E-state index is -0.430. The van der Waals surface area contributed by atoms with Crippen LogP contribution >= 0.6 is 0 Å². The van der Waals surface area contributed by atoms with E-state index in [0.29, 0.717) is 33.8 Å². The summed E-state index contributed by atoms with van der Waals surface area (Å²) in [5, 5.41) is 3.42. The molecule has 0 aliphatic rings. The molecule has 30 heavy (non-hydrogen) atoms. The Bertz CT molecular complexity index is 1300. The van der Waals surface area contributed by atoms with Crippen molar-refractivity contribution in [3.05, 3.63) is 89.4 Å². The van der Waals surface area contributed by atoms with Crippen LogP contribution in [0.5, 0.6) is 5.75 Å². The molecule has 0 spiro atoms. The number of aromatic nitrogens is 1. The summed E-state index contributed by atoms with van der Waals surface area (Å²) < 4.78 is 24.9. The van der Waals surface area contributed by atoms with Crippen molar-refractivity contribution in [2.75, 3.05) is 12.4 Å². The second kappa shape index (κ2) is 8.16. The molecule has 150 valence electrons. The highest BCUT2D eigenvalue weighted by Crippen LogP contribution is 2.25. The molecule has 1 N–H and O–H groups in total. The van der Waals surface area contributed by atoms with E-state index in [1.807, 2.05) is 6.07 Å². The van der Waals surface area contributed by atoms with Crippen LogP contribution in [0.25, 0.3) is 11.0 Å². The number of methoxy groups -OCH3 is 1. The van der Waals surface area contributed by atoms with Gasteiger partial charge < -0.3 is 14.5 Å². The molecule has 2 heterocycles. The van der Waals surface area contributed by atoms with E-state index in [1.165, 1.54) is 25.3 Å². The van der Waals surface area contributed by atoms with Crippen molar-refractivity contribution in [3.63, 3.8) is 0 Å². The summed E-state index contributed by atoms with van der Waals surface area (Å²) in [5.41, 5.74) is 1.84. The summed E-state index contributed by atoms with van der Waals surface area (Å²) in [6.45, 7) is 1.73. The van der Waals surface area contributed by atoms with Crippen molar-refractivity contribution < 1.29 is 18.3 Å². The van der Waals surface area contributed by atoms with E-state index in [-0.39, 0.29) is 16.9 Å². The third-order valence-corrected chi connectivity index (χ3v) is 4.49. The molecule has 0 radical (unpaired) electrons. The zero-order valence-electron chi connectivity index (χ0n) is 16.3. The number of hydrogen-bond acceptors (Lipinski definition) is 5. The Morgan fingerprint density at radius 1 is 1.13 bits per heavy atom. The van der Waals surface area contributed by atoms with Crippen LogP contribution in [0.3, 0.4) is 0 Å². The Labute approximate surface area is 171 Å². The first-order chi connectivity index (χ1) is 14.5. The lowest BCUT2D eigenvalue weighted by Gasteiger charge is -2.09. The topological polar surface area (TPSA) is 76.7 Å². The third kappa shape index (κ3) is 3.91. The fraction of sp³-hybridized carbons (Fsp3) is 0.0870. The predicted molar refractivity (Wildman–Crippen MR) is 111 cm³/mol. The van der Waals surface area contributed by atoms with Gasteiger partial charge in [-0.2, -0.15) is 0 Å². The number of nitrogens with zero attached hydrogens (tertiary/aromatic N) is 2. The Morgan fingerprint density at radius 2 is 2.00 bits per heavy atom. The summed E-state index contributed by atoms with van der Waals surface area (Å²) in [6, 6.07) is 16.5. The van der Waals surface area contributed by atoms with E-state index in [4.69, 9.17) is 9.15 Å². The number of nitrogens with one attached hydrogen (secondary N) is 1. The van der Waals surface area contributed by atoms with E-state index in [2.05, 4.69) is 15.3 Å². The first-order valence-electron chi connectivity index (χ1n) is 9.19. The van der Waals surface area contributed by atoms with E-state index >= 15 is 0 Å². The zero-order valence-corrected chi connectivity index (χ0v) is 16.3. The number of amides is 1. The first kappa shape index (κ1) is 19.3. The highest BCUT2D eigenvalue weighted by molar-refractivity contribution is 6.05. The maximum atomic E-state index is 13.5. The van der Waals surface area contributed by atoms with Crippen LogP contribution in [0.1, 0.15) is 15.9 Å². The van der Waals surface area contributed by atoms with Gasteiger partial charge in [0.1, 0.15) is 17.2 Å². The van der Waals surface area contributed by atoms with Gasteiger partial charge in [-0.15, -0.1) is 0 Å². The molecule has 0 saturated heterocycles. The van der Waals surface area contributed by atoms with Gasteiger partial charge in [0.05, 0.1) is 12.8 Å². The second-order valence-electron chi connectivity index (χ2n) is 6.56. The Morgan fingerprint density at radius 3 is 2.73 bits per heavy atom. The highest BCUT2D eigenvalue weighted by Gasteiger charge is 2.15. The minimum absolute atomic E-state index is 0.0788. The van der Waals surface area contributed by atoms with E-state index in [0.717, 1.165) is 0 Å². The number of ether oxygens (including phenoxy) is 1. The lowest BCUT2D eigenvalue weighted by Crippen LogP contribution is -2.22. The number of anilines is 1. The van der Waals surface area contributed by atoms with Crippen molar-refractivity contribution in [3.8, 4) is 5.75 Å². The number of rotatable bonds is 4. The van der Waals surface area contributed by atoms with Gasteiger partial charge in [-0.05, 0) is 55.0 Å². The molecule has 0 atom stereocenters. The fourth-order valence-electron chi connectivity index (χ4n) is 3.01. The monoisotopic (exact) mass is 403 g/mol. The van der Waals surface area contributed by atoms with Crippen molar-refractivity contribution in [2.24, 2.45) is 4.99 Å². The van der Waals surface area contributed by atoms with Crippen LogP contribution in [0, 0.1) is 12.7 Å². The molecule has 0 aliphatic heterocycles. The normalized spacial score (nSPS) is 11.5. The third-order valence-electron chi connectivity index (χ3n) is 4.49. The lowest BCUT2D eigenvalue weighted by atomic mass is 10.1. The predicted octanol–water partition coefficient (Wildman–Crippen LogP) is 4.77. The van der Waals surface area contributed by atoms with Gasteiger partial charge in [0, 0.05) is 11.6 Å². The van der Waals surface area contributed by atoms with Crippen molar-refractivity contribution in [2.45, 2.75) is 6.92 Å². The molecule has 4 aromatic rings. The molecule has 2 aromatic carbocycles. The highest BCUT2D eigenvalue weighted by atomic mass is 19.1. The fourth-order valence-corrected chi connectivity index (χ4v) is 3.01. The average molecular weight is 403 g/mol. The van der Waals surface area contributed by atoms with Crippen molar-refractivity contribution in [1.29, 1.82) is 0 Å². The molecule has 4 rings (SSSR count). The summed E-state index contributed by atoms with van der Waals surface area (Å²) in [5.74, 6) is 0.117. The molecule has 0 bridgehead atoms. The molecule has 0 unspecified atom stereocenters. The number of fused-ring (bicyclic) bond motifs is 1. The Hall–Kier alpha value is -4.00. The van der Waals surface area contributed by atoms with Crippen LogP contribution in [0.4, 0.5) is 15.9 Å². The number of hydrogen-bond donors (Lipinski definition) is 1. The second-order valence-corrected chi connectivity index (χ2v) is 6.56. The molecular weight excluding hydrogens is 385 g/mol.